The van der Waals surface area contributed by atoms with E-state index in [2.05, 4.69) is 0 Å². The maximum absolute atomic E-state index is 13.3. The summed E-state index contributed by atoms with van der Waals surface area (Å²) in [6.45, 7) is 7.89. The summed E-state index contributed by atoms with van der Waals surface area (Å²) >= 11 is 0. The van der Waals surface area contributed by atoms with Crippen molar-refractivity contribution >= 4 is 18.5 Å². The van der Waals surface area contributed by atoms with Gasteiger partial charge < -0.3 is 14.4 Å². The number of halogens is 2. The minimum atomic E-state index is -2.61. The van der Waals surface area contributed by atoms with Gasteiger partial charge in [0.15, 0.2) is 5.60 Å². The Kier molecular flexibility index (Phi) is 4.78. The third-order valence-corrected chi connectivity index (χ3v) is 4.92. The first kappa shape index (κ1) is 18.8. The Hall–Kier alpha value is -1.51. The maximum Gasteiger partial charge on any atom is 0.495 e. The van der Waals surface area contributed by atoms with Crippen molar-refractivity contribution in [1.29, 1.82) is 0 Å². The fraction of sp³-hybridized carbons (Fsp3) is 0.562. The average Bonchev–Trinajstić information content (AvgIpc) is 2.74. The number of amides is 1. The van der Waals surface area contributed by atoms with Gasteiger partial charge in [-0.05, 0) is 45.6 Å². The Morgan fingerprint density at radius 1 is 1.29 bits per heavy atom. The molecular formula is C16H22BF2NO4. The molecule has 1 aromatic rings. The Balaban J connectivity index is 2.46. The van der Waals surface area contributed by atoms with E-state index in [-0.39, 0.29) is 5.56 Å². The molecule has 2 N–H and O–H groups in total. The number of carbonyl (C=O) groups is 1. The molecular weight excluding hydrogens is 319 g/mol. The van der Waals surface area contributed by atoms with Crippen molar-refractivity contribution in [3.05, 3.63) is 29.3 Å². The summed E-state index contributed by atoms with van der Waals surface area (Å²) in [7, 11) is -0.743. The molecule has 1 saturated heterocycles. The van der Waals surface area contributed by atoms with Crippen LogP contribution in [0.2, 0.25) is 0 Å². The number of benzene rings is 1. The number of aliphatic hydroxyl groups is 1. The van der Waals surface area contributed by atoms with Crippen molar-refractivity contribution in [1.82, 2.24) is 5.54 Å². The largest absolute Gasteiger partial charge is 0.495 e. The zero-order valence-corrected chi connectivity index (χ0v) is 14.4. The molecule has 0 radical (unpaired) electrons. The van der Waals surface area contributed by atoms with Crippen LogP contribution < -0.4 is 11.0 Å². The molecule has 1 atom stereocenters. The van der Waals surface area contributed by atoms with E-state index in [0.717, 1.165) is 11.1 Å². The van der Waals surface area contributed by atoms with E-state index in [4.69, 9.17) is 9.31 Å². The predicted molar refractivity (Wildman–Crippen MR) is 86.0 cm³/mol. The van der Waals surface area contributed by atoms with Gasteiger partial charge in [-0.15, -0.1) is 4.48 Å². The summed E-state index contributed by atoms with van der Waals surface area (Å²) in [6, 6.07) is 4.38. The Labute approximate surface area is 140 Å². The van der Waals surface area contributed by atoms with Crippen LogP contribution in [0.4, 0.5) is 8.87 Å². The molecule has 0 aromatic heterocycles. The van der Waals surface area contributed by atoms with Crippen molar-refractivity contribution in [2.24, 2.45) is 0 Å². The molecule has 0 bridgehead atoms. The van der Waals surface area contributed by atoms with Crippen LogP contribution in [0.3, 0.4) is 0 Å². The van der Waals surface area contributed by atoms with Crippen molar-refractivity contribution in [3.63, 3.8) is 0 Å². The maximum atomic E-state index is 13.3. The zero-order valence-electron chi connectivity index (χ0n) is 14.4. The summed E-state index contributed by atoms with van der Waals surface area (Å²) in [5, 5.41) is 10.2. The molecule has 1 fully saturated rings. The Morgan fingerprint density at radius 2 is 1.83 bits per heavy atom. The second-order valence-electron chi connectivity index (χ2n) is 7.08. The number of alkyl halides is 1. The first-order valence-electron chi connectivity index (χ1n) is 7.64. The number of nitrogens with one attached hydrogen (secondary N) is 1. The molecule has 0 saturated carbocycles. The number of aryl methyl sites for hydroxylation is 1. The minimum Gasteiger partial charge on any atom is -0.399 e. The lowest BCUT2D eigenvalue weighted by atomic mass is 9.74. The van der Waals surface area contributed by atoms with E-state index >= 15 is 0 Å². The standard InChI is InChI=1S/C16H22BF2NO4/c1-10-6-7-11(16(22,9-18)13(21)20-19)8-12(10)17-23-14(2,3)15(4,5)24-17/h6-8,22H,9H2,1-5H3,(H,20,21). The van der Waals surface area contributed by atoms with Gasteiger partial charge in [0, 0.05) is 0 Å². The molecule has 8 heteroatoms. The summed E-state index contributed by atoms with van der Waals surface area (Å²) in [5.74, 6) is -1.46. The van der Waals surface area contributed by atoms with Gasteiger partial charge >= 0.3 is 7.12 Å². The van der Waals surface area contributed by atoms with Gasteiger partial charge in [-0.3, -0.25) is 4.79 Å². The van der Waals surface area contributed by atoms with Gasteiger partial charge in [0.1, 0.15) is 6.67 Å². The van der Waals surface area contributed by atoms with Crippen LogP contribution in [0, 0.1) is 6.92 Å². The van der Waals surface area contributed by atoms with Crippen LogP contribution in [0.25, 0.3) is 0 Å². The highest BCUT2D eigenvalue weighted by Crippen LogP contribution is 2.37. The average molecular weight is 341 g/mol. The number of carbonyl (C=O) groups excluding carboxylic acids is 1. The van der Waals surface area contributed by atoms with Crippen molar-refractivity contribution in [2.45, 2.75) is 51.4 Å². The molecule has 24 heavy (non-hydrogen) atoms. The lowest BCUT2D eigenvalue weighted by Gasteiger charge is -2.32. The lowest BCUT2D eigenvalue weighted by molar-refractivity contribution is -0.147. The van der Waals surface area contributed by atoms with Gasteiger partial charge in [0.25, 0.3) is 5.91 Å². The number of hydrogen-bond donors (Lipinski definition) is 2. The van der Waals surface area contributed by atoms with Crippen molar-refractivity contribution < 1.29 is 28.1 Å². The molecule has 2 rings (SSSR count). The zero-order chi connectivity index (χ0) is 18.3. The number of hydrogen-bond acceptors (Lipinski definition) is 4. The first-order valence-corrected chi connectivity index (χ1v) is 7.64. The highest BCUT2D eigenvalue weighted by molar-refractivity contribution is 6.62. The van der Waals surface area contributed by atoms with Crippen LogP contribution in [-0.2, 0) is 19.7 Å². The molecule has 1 aromatic carbocycles. The van der Waals surface area contributed by atoms with Crippen LogP contribution >= 0.6 is 0 Å². The van der Waals surface area contributed by atoms with Gasteiger partial charge in [0.2, 0.25) is 0 Å². The Morgan fingerprint density at radius 3 is 2.29 bits per heavy atom. The topological polar surface area (TPSA) is 67.8 Å². The fourth-order valence-corrected chi connectivity index (χ4v) is 2.47. The van der Waals surface area contributed by atoms with E-state index < -0.39 is 36.5 Å². The second kappa shape index (κ2) is 6.09. The van der Waals surface area contributed by atoms with Crippen LogP contribution in [0.15, 0.2) is 18.2 Å². The highest BCUT2D eigenvalue weighted by atomic mass is 19.2. The molecule has 1 unspecified atom stereocenters. The quantitative estimate of drug-likeness (QED) is 0.643. The lowest BCUT2D eigenvalue weighted by Crippen LogP contribution is -2.45. The first-order chi connectivity index (χ1) is 11.0. The minimum absolute atomic E-state index is 0.0736. The molecule has 1 aliphatic rings. The van der Waals surface area contributed by atoms with Crippen LogP contribution in [0.5, 0.6) is 0 Å². The normalized spacial score (nSPS) is 21.4. The third kappa shape index (κ3) is 2.94. The molecule has 1 amide bonds. The predicted octanol–water partition coefficient (Wildman–Crippen LogP) is 1.45. The fourth-order valence-electron chi connectivity index (χ4n) is 2.47. The molecule has 1 aliphatic heterocycles. The van der Waals surface area contributed by atoms with E-state index in [1.165, 1.54) is 12.1 Å². The highest BCUT2D eigenvalue weighted by Gasteiger charge is 2.52. The monoisotopic (exact) mass is 341 g/mol. The van der Waals surface area contributed by atoms with E-state index in [0.29, 0.717) is 5.46 Å². The summed E-state index contributed by atoms with van der Waals surface area (Å²) < 4.78 is 37.6. The molecule has 0 aliphatic carbocycles. The molecule has 5 nitrogen and oxygen atoms in total. The van der Waals surface area contributed by atoms with Gasteiger partial charge in [-0.1, -0.05) is 23.8 Å². The summed E-state index contributed by atoms with van der Waals surface area (Å²) in [5.41, 5.74) is -1.72. The summed E-state index contributed by atoms with van der Waals surface area (Å²) in [6.07, 6.45) is 0. The van der Waals surface area contributed by atoms with Gasteiger partial charge in [-0.25, -0.2) is 4.39 Å². The number of rotatable bonds is 4. The smallest absolute Gasteiger partial charge is 0.399 e. The summed E-state index contributed by atoms with van der Waals surface area (Å²) in [4.78, 5) is 11.6. The Bertz CT molecular complexity index is 637. The molecule has 132 valence electrons. The molecule has 0 spiro atoms. The SMILES string of the molecule is Cc1ccc(C(O)(CF)C(=O)NF)cc1B1OC(C)(C)C(C)(C)O1. The van der Waals surface area contributed by atoms with E-state index in [1.807, 2.05) is 27.7 Å². The second-order valence-corrected chi connectivity index (χ2v) is 7.08. The van der Waals surface area contributed by atoms with E-state index in [9.17, 15) is 18.8 Å². The van der Waals surface area contributed by atoms with Crippen molar-refractivity contribution in [2.75, 3.05) is 6.67 Å². The van der Waals surface area contributed by atoms with Gasteiger partial charge in [-0.2, -0.15) is 5.54 Å². The van der Waals surface area contributed by atoms with Crippen LogP contribution in [0.1, 0.15) is 38.8 Å². The van der Waals surface area contributed by atoms with Crippen molar-refractivity contribution in [3.8, 4) is 0 Å². The third-order valence-electron chi connectivity index (χ3n) is 4.92. The van der Waals surface area contributed by atoms with Gasteiger partial charge in [0.05, 0.1) is 11.2 Å². The van der Waals surface area contributed by atoms with E-state index in [1.54, 1.807) is 13.0 Å². The van der Waals surface area contributed by atoms with Crippen LogP contribution in [-0.4, -0.2) is 36.0 Å². The molecule has 1 heterocycles.